The normalized spacial score (nSPS) is 27.5. The van der Waals surface area contributed by atoms with Crippen LogP contribution in [0.25, 0.3) is 0 Å². The van der Waals surface area contributed by atoms with Gasteiger partial charge >= 0.3 is 0 Å². The fraction of sp³-hybridized carbons (Fsp3) is 0.333. The zero-order valence-electron chi connectivity index (χ0n) is 17.1. The molecule has 2 saturated carbocycles. The third kappa shape index (κ3) is 2.55. The zero-order chi connectivity index (χ0) is 21.2. The molecule has 3 aromatic carbocycles. The molecule has 0 aromatic heterocycles. The minimum absolute atomic E-state index is 0.134. The van der Waals surface area contributed by atoms with Gasteiger partial charge in [-0.15, -0.1) is 0 Å². The molecule has 0 N–H and O–H groups in total. The molecule has 0 bridgehead atoms. The Kier molecular flexibility index (Phi) is 4.00. The van der Waals surface area contributed by atoms with Crippen LogP contribution < -0.4 is 0 Å². The van der Waals surface area contributed by atoms with Crippen molar-refractivity contribution >= 4 is 0 Å². The Bertz CT molecular complexity index is 983. The lowest BCUT2D eigenvalue weighted by atomic mass is 9.80. The van der Waals surface area contributed by atoms with Crippen molar-refractivity contribution < 1.29 is 18.3 Å². The van der Waals surface area contributed by atoms with Crippen molar-refractivity contribution in [1.29, 1.82) is 0 Å². The SMILES string of the molecule is FC1(F)C2(CC2)COC12C[C@H]2OC(c1ccccc1)(c1ccccc1)c1ccccc1. The van der Waals surface area contributed by atoms with Crippen LogP contribution in [-0.4, -0.2) is 24.2 Å². The van der Waals surface area contributed by atoms with Crippen LogP contribution in [0.5, 0.6) is 0 Å². The summed E-state index contributed by atoms with van der Waals surface area (Å²) in [5.41, 5.74) is -0.741. The van der Waals surface area contributed by atoms with Gasteiger partial charge in [0.1, 0.15) is 5.60 Å². The first-order valence-corrected chi connectivity index (χ1v) is 10.9. The molecule has 3 aromatic rings. The lowest BCUT2D eigenvalue weighted by Gasteiger charge is -2.37. The molecule has 2 spiro atoms. The summed E-state index contributed by atoms with van der Waals surface area (Å²) in [6.07, 6.45) is 0.615. The van der Waals surface area contributed by atoms with Crippen LogP contribution in [-0.2, 0) is 15.1 Å². The standard InChI is InChI=1S/C27H24F2O2/c28-27(29)24(16-17-24)19-30-25(27)18-23(25)31-26(20-10-4-1-5-11-20,21-12-6-2-7-13-21)22-14-8-3-9-15-22/h1-15,23H,16-19H2/t23-,25?/m1/s1. The second-order valence-corrected chi connectivity index (χ2v) is 9.12. The predicted molar refractivity (Wildman–Crippen MR) is 114 cm³/mol. The first kappa shape index (κ1) is 19.1. The zero-order valence-corrected chi connectivity index (χ0v) is 17.1. The fourth-order valence-corrected chi connectivity index (χ4v) is 5.28. The van der Waals surface area contributed by atoms with Crippen LogP contribution in [0.3, 0.4) is 0 Å². The van der Waals surface area contributed by atoms with Crippen molar-refractivity contribution in [3.63, 3.8) is 0 Å². The maximum absolute atomic E-state index is 15.5. The van der Waals surface area contributed by atoms with Crippen LogP contribution in [0.2, 0.25) is 0 Å². The first-order valence-electron chi connectivity index (χ1n) is 10.9. The predicted octanol–water partition coefficient (Wildman–Crippen LogP) is 5.95. The van der Waals surface area contributed by atoms with Gasteiger partial charge in [0.15, 0.2) is 5.60 Å². The summed E-state index contributed by atoms with van der Waals surface area (Å²) in [7, 11) is 0. The van der Waals surface area contributed by atoms with Gasteiger partial charge in [-0.05, 0) is 29.5 Å². The minimum Gasteiger partial charge on any atom is -0.365 e. The lowest BCUT2D eigenvalue weighted by Crippen LogP contribution is -2.43. The van der Waals surface area contributed by atoms with Gasteiger partial charge in [0.2, 0.25) is 0 Å². The van der Waals surface area contributed by atoms with Gasteiger partial charge < -0.3 is 9.47 Å². The molecule has 0 radical (unpaired) electrons. The van der Waals surface area contributed by atoms with E-state index >= 15 is 8.78 Å². The van der Waals surface area contributed by atoms with Crippen molar-refractivity contribution in [2.75, 3.05) is 6.61 Å². The van der Waals surface area contributed by atoms with Crippen LogP contribution in [0.15, 0.2) is 91.0 Å². The summed E-state index contributed by atoms with van der Waals surface area (Å²) in [5, 5.41) is 0. The van der Waals surface area contributed by atoms with Gasteiger partial charge in [-0.2, -0.15) is 0 Å². The molecule has 1 unspecified atom stereocenters. The molecule has 31 heavy (non-hydrogen) atoms. The number of hydrogen-bond acceptors (Lipinski definition) is 2. The molecular formula is C27H24F2O2. The molecule has 3 aliphatic rings. The number of rotatable bonds is 5. The average molecular weight is 418 g/mol. The Balaban J connectivity index is 1.49. The Morgan fingerprint density at radius 1 is 0.742 bits per heavy atom. The summed E-state index contributed by atoms with van der Waals surface area (Å²) in [6, 6.07) is 29.6. The number of ether oxygens (including phenoxy) is 2. The second-order valence-electron chi connectivity index (χ2n) is 9.12. The maximum atomic E-state index is 15.5. The minimum atomic E-state index is -2.86. The van der Waals surface area contributed by atoms with Crippen LogP contribution in [0.4, 0.5) is 8.78 Å². The lowest BCUT2D eigenvalue weighted by molar-refractivity contribution is -0.143. The summed E-state index contributed by atoms with van der Waals surface area (Å²) >= 11 is 0. The Hall–Kier alpha value is -2.56. The van der Waals surface area contributed by atoms with Crippen LogP contribution in [0, 0.1) is 5.41 Å². The topological polar surface area (TPSA) is 18.5 Å². The molecular weight excluding hydrogens is 394 g/mol. The number of alkyl halides is 2. The number of benzene rings is 3. The largest absolute Gasteiger partial charge is 0.365 e. The van der Waals surface area contributed by atoms with Gasteiger partial charge in [-0.1, -0.05) is 91.0 Å². The average Bonchev–Trinajstić information content (AvgIpc) is 3.72. The highest BCUT2D eigenvalue weighted by atomic mass is 19.3. The molecule has 158 valence electrons. The van der Waals surface area contributed by atoms with Crippen molar-refractivity contribution in [3.8, 4) is 0 Å². The van der Waals surface area contributed by atoms with E-state index in [1.165, 1.54) is 0 Å². The van der Waals surface area contributed by atoms with Crippen molar-refractivity contribution in [2.45, 2.75) is 42.5 Å². The molecule has 2 nitrogen and oxygen atoms in total. The molecule has 1 saturated heterocycles. The van der Waals surface area contributed by atoms with E-state index < -0.39 is 28.6 Å². The molecule has 3 fully saturated rings. The van der Waals surface area contributed by atoms with Gasteiger partial charge in [-0.25, -0.2) is 8.78 Å². The summed E-state index contributed by atoms with van der Waals surface area (Å²) in [5.74, 6) is -2.86. The summed E-state index contributed by atoms with van der Waals surface area (Å²) in [4.78, 5) is 0. The summed E-state index contributed by atoms with van der Waals surface area (Å²) in [6.45, 7) is 0.134. The van der Waals surface area contributed by atoms with E-state index in [2.05, 4.69) is 0 Å². The number of halogens is 2. The third-order valence-corrected chi connectivity index (χ3v) is 7.37. The first-order chi connectivity index (χ1) is 15.0. The van der Waals surface area contributed by atoms with Crippen LogP contribution >= 0.6 is 0 Å². The molecule has 1 heterocycles. The van der Waals surface area contributed by atoms with E-state index in [0.717, 1.165) is 16.7 Å². The van der Waals surface area contributed by atoms with Gasteiger partial charge in [0.25, 0.3) is 5.92 Å². The smallest absolute Gasteiger partial charge is 0.286 e. The molecule has 2 aliphatic carbocycles. The number of hydrogen-bond donors (Lipinski definition) is 0. The van der Waals surface area contributed by atoms with E-state index in [1.807, 2.05) is 91.0 Å². The monoisotopic (exact) mass is 418 g/mol. The van der Waals surface area contributed by atoms with E-state index in [9.17, 15) is 0 Å². The molecule has 2 atom stereocenters. The molecule has 6 rings (SSSR count). The van der Waals surface area contributed by atoms with Crippen molar-refractivity contribution in [2.24, 2.45) is 5.41 Å². The van der Waals surface area contributed by atoms with Crippen LogP contribution in [0.1, 0.15) is 36.0 Å². The highest BCUT2D eigenvalue weighted by molar-refractivity contribution is 5.48. The maximum Gasteiger partial charge on any atom is 0.286 e. The third-order valence-electron chi connectivity index (χ3n) is 7.37. The van der Waals surface area contributed by atoms with Gasteiger partial charge in [0.05, 0.1) is 18.1 Å². The van der Waals surface area contributed by atoms with E-state index in [0.29, 0.717) is 12.8 Å². The highest BCUT2D eigenvalue weighted by Gasteiger charge is 2.85. The molecule has 0 amide bonds. The molecule has 4 heteroatoms. The fourth-order valence-electron chi connectivity index (χ4n) is 5.28. The van der Waals surface area contributed by atoms with Crippen molar-refractivity contribution in [1.82, 2.24) is 0 Å². The van der Waals surface area contributed by atoms with Crippen molar-refractivity contribution in [3.05, 3.63) is 108 Å². The van der Waals surface area contributed by atoms with Gasteiger partial charge in [-0.3, -0.25) is 0 Å². The Labute approximate surface area is 180 Å². The Morgan fingerprint density at radius 3 is 1.58 bits per heavy atom. The summed E-state index contributed by atoms with van der Waals surface area (Å²) < 4.78 is 43.5. The highest BCUT2D eigenvalue weighted by Crippen LogP contribution is 2.73. The quantitative estimate of drug-likeness (QED) is 0.477. The van der Waals surface area contributed by atoms with E-state index in [1.54, 1.807) is 0 Å². The Morgan fingerprint density at radius 2 is 1.19 bits per heavy atom. The van der Waals surface area contributed by atoms with Gasteiger partial charge in [0, 0.05) is 6.42 Å². The van der Waals surface area contributed by atoms with E-state index in [-0.39, 0.29) is 13.0 Å². The van der Waals surface area contributed by atoms with E-state index in [4.69, 9.17) is 9.47 Å². The molecule has 1 aliphatic heterocycles. The second kappa shape index (κ2) is 6.47.